The molecule has 0 aromatic heterocycles. The van der Waals surface area contributed by atoms with Crippen molar-refractivity contribution in [1.29, 1.82) is 0 Å². The summed E-state index contributed by atoms with van der Waals surface area (Å²) in [5.74, 6) is 0.615. The van der Waals surface area contributed by atoms with E-state index in [0.29, 0.717) is 17.2 Å². The zero-order valence-corrected chi connectivity index (χ0v) is 13.9. The summed E-state index contributed by atoms with van der Waals surface area (Å²) in [6.07, 6.45) is 1.47. The summed E-state index contributed by atoms with van der Waals surface area (Å²) < 4.78 is 35.8. The van der Waals surface area contributed by atoms with E-state index < -0.39 is 10.0 Å². The second kappa shape index (κ2) is 6.01. The molecular weight excluding hydrogens is 320 g/mol. The summed E-state index contributed by atoms with van der Waals surface area (Å²) in [6, 6.07) is 5.10. The van der Waals surface area contributed by atoms with Crippen molar-refractivity contribution < 1.29 is 22.7 Å². The predicted octanol–water partition coefficient (Wildman–Crippen LogP) is 1.07. The van der Waals surface area contributed by atoms with E-state index in [0.717, 1.165) is 12.8 Å². The molecule has 7 nitrogen and oxygen atoms in total. The summed E-state index contributed by atoms with van der Waals surface area (Å²) in [5.41, 5.74) is 0.594. The number of benzene rings is 1. The third-order valence-corrected chi connectivity index (χ3v) is 6.51. The molecule has 2 fully saturated rings. The molecule has 1 aliphatic heterocycles. The van der Waals surface area contributed by atoms with E-state index in [-0.39, 0.29) is 30.2 Å². The van der Waals surface area contributed by atoms with Gasteiger partial charge in [0.05, 0.1) is 25.4 Å². The highest BCUT2D eigenvalue weighted by atomic mass is 32.2. The highest BCUT2D eigenvalue weighted by Crippen LogP contribution is 2.35. The molecule has 8 heteroatoms. The molecule has 0 spiro atoms. The van der Waals surface area contributed by atoms with Crippen LogP contribution < -0.4 is 14.8 Å². The Morgan fingerprint density at radius 3 is 2.39 bits per heavy atom. The monoisotopic (exact) mass is 340 g/mol. The van der Waals surface area contributed by atoms with Gasteiger partial charge in [-0.3, -0.25) is 4.79 Å². The maximum atomic E-state index is 12.2. The number of carbonyl (C=O) groups excluding carboxylic acids is 1. The molecule has 1 N–H and O–H groups in total. The fourth-order valence-corrected chi connectivity index (χ4v) is 4.48. The third-order valence-electron chi connectivity index (χ3n) is 4.18. The Morgan fingerprint density at radius 1 is 1.17 bits per heavy atom. The zero-order valence-electron chi connectivity index (χ0n) is 13.1. The number of nitrogens with one attached hydrogen (secondary N) is 1. The molecule has 0 bridgehead atoms. The van der Waals surface area contributed by atoms with Gasteiger partial charge in [0.25, 0.3) is 0 Å². The average molecular weight is 340 g/mol. The van der Waals surface area contributed by atoms with Gasteiger partial charge in [-0.1, -0.05) is 0 Å². The molecule has 1 aromatic carbocycles. The van der Waals surface area contributed by atoms with E-state index in [9.17, 15) is 13.2 Å². The molecule has 0 unspecified atom stereocenters. The lowest BCUT2D eigenvalue weighted by Crippen LogP contribution is -2.55. The van der Waals surface area contributed by atoms with Gasteiger partial charge in [-0.2, -0.15) is 4.31 Å². The molecular formula is C15H20N2O5S. The molecule has 0 atom stereocenters. The minimum Gasteiger partial charge on any atom is -0.493 e. The Balaban J connectivity index is 1.58. The maximum absolute atomic E-state index is 12.2. The van der Waals surface area contributed by atoms with E-state index in [4.69, 9.17) is 9.47 Å². The number of sulfonamides is 1. The molecule has 23 heavy (non-hydrogen) atoms. The van der Waals surface area contributed by atoms with Gasteiger partial charge in [-0.15, -0.1) is 0 Å². The van der Waals surface area contributed by atoms with Crippen LogP contribution in [0, 0.1) is 5.92 Å². The molecule has 1 aromatic rings. The van der Waals surface area contributed by atoms with Gasteiger partial charge in [0.15, 0.2) is 11.5 Å². The number of ether oxygens (including phenoxy) is 2. The van der Waals surface area contributed by atoms with Crippen LogP contribution in [-0.4, -0.2) is 51.2 Å². The lowest BCUT2D eigenvalue weighted by atomic mass is 10.0. The Bertz CT molecular complexity index is 709. The van der Waals surface area contributed by atoms with Crippen molar-refractivity contribution in [3.8, 4) is 11.5 Å². The number of nitrogens with zero attached hydrogens (tertiary/aromatic N) is 1. The first-order valence-electron chi connectivity index (χ1n) is 7.47. The number of hydrogen-bond acceptors (Lipinski definition) is 5. The Kier molecular flexibility index (Phi) is 4.20. The van der Waals surface area contributed by atoms with Crippen LogP contribution >= 0.6 is 0 Å². The minimum absolute atomic E-state index is 0.181. The molecule has 1 amide bonds. The van der Waals surface area contributed by atoms with Gasteiger partial charge in [0, 0.05) is 24.8 Å². The number of carbonyl (C=O) groups is 1. The lowest BCUT2D eigenvalue weighted by Gasteiger charge is -2.37. The van der Waals surface area contributed by atoms with E-state index in [2.05, 4.69) is 5.32 Å². The predicted molar refractivity (Wildman–Crippen MR) is 85.2 cm³/mol. The molecule has 1 heterocycles. The molecule has 3 rings (SSSR count). The van der Waals surface area contributed by atoms with Crippen LogP contribution in [0.5, 0.6) is 11.5 Å². The van der Waals surface area contributed by atoms with Crippen molar-refractivity contribution in [2.24, 2.45) is 5.92 Å². The van der Waals surface area contributed by atoms with Crippen molar-refractivity contribution >= 4 is 21.6 Å². The van der Waals surface area contributed by atoms with Crippen LogP contribution in [0.2, 0.25) is 0 Å². The summed E-state index contributed by atoms with van der Waals surface area (Å²) in [4.78, 5) is 12.2. The Morgan fingerprint density at radius 2 is 1.83 bits per heavy atom. The van der Waals surface area contributed by atoms with Crippen molar-refractivity contribution in [1.82, 2.24) is 4.31 Å². The first-order valence-corrected chi connectivity index (χ1v) is 8.98. The second-order valence-corrected chi connectivity index (χ2v) is 8.03. The summed E-state index contributed by atoms with van der Waals surface area (Å²) in [7, 11) is -0.106. The van der Waals surface area contributed by atoms with E-state index in [1.165, 1.54) is 11.4 Å². The van der Waals surface area contributed by atoms with Crippen LogP contribution in [0.3, 0.4) is 0 Å². The SMILES string of the molecule is COc1ccc(NC(=O)C2CN(S(=O)(=O)C3CC3)C2)cc1OC. The molecule has 126 valence electrons. The van der Waals surface area contributed by atoms with E-state index in [1.807, 2.05) is 0 Å². The second-order valence-electron chi connectivity index (χ2n) is 5.82. The number of hydrogen-bond donors (Lipinski definition) is 1. The maximum Gasteiger partial charge on any atom is 0.230 e. The van der Waals surface area contributed by atoms with E-state index in [1.54, 1.807) is 25.3 Å². The third kappa shape index (κ3) is 3.13. The zero-order chi connectivity index (χ0) is 16.6. The number of anilines is 1. The number of rotatable bonds is 6. The van der Waals surface area contributed by atoms with Gasteiger partial charge in [-0.05, 0) is 25.0 Å². The van der Waals surface area contributed by atoms with E-state index >= 15 is 0 Å². The topological polar surface area (TPSA) is 84.9 Å². The van der Waals surface area contributed by atoms with Crippen LogP contribution in [0.1, 0.15) is 12.8 Å². The largest absolute Gasteiger partial charge is 0.493 e. The Labute approximate surface area is 135 Å². The summed E-state index contributed by atoms with van der Waals surface area (Å²) >= 11 is 0. The van der Waals surface area contributed by atoms with Crippen molar-refractivity contribution in [2.45, 2.75) is 18.1 Å². The quantitative estimate of drug-likeness (QED) is 0.837. The molecule has 2 aliphatic rings. The van der Waals surface area contributed by atoms with Crippen LogP contribution in [0.15, 0.2) is 18.2 Å². The lowest BCUT2D eigenvalue weighted by molar-refractivity contribution is -0.122. The highest BCUT2D eigenvalue weighted by molar-refractivity contribution is 7.90. The summed E-state index contributed by atoms with van der Waals surface area (Å²) in [6.45, 7) is 0.524. The van der Waals surface area contributed by atoms with Crippen LogP contribution in [-0.2, 0) is 14.8 Å². The van der Waals surface area contributed by atoms with Crippen molar-refractivity contribution in [3.05, 3.63) is 18.2 Å². The first kappa shape index (κ1) is 16.1. The molecule has 1 saturated heterocycles. The molecule has 0 radical (unpaired) electrons. The van der Waals surface area contributed by atoms with Crippen molar-refractivity contribution in [3.63, 3.8) is 0 Å². The number of methoxy groups -OCH3 is 2. The minimum atomic E-state index is -3.17. The molecule has 1 saturated carbocycles. The van der Waals surface area contributed by atoms with Gasteiger partial charge in [0.1, 0.15) is 0 Å². The Hall–Kier alpha value is -1.80. The van der Waals surface area contributed by atoms with Gasteiger partial charge in [-0.25, -0.2) is 8.42 Å². The van der Waals surface area contributed by atoms with Crippen LogP contribution in [0.25, 0.3) is 0 Å². The summed E-state index contributed by atoms with van der Waals surface area (Å²) in [5, 5.41) is 2.57. The number of amides is 1. The average Bonchev–Trinajstić information content (AvgIpc) is 3.30. The van der Waals surface area contributed by atoms with Crippen LogP contribution in [0.4, 0.5) is 5.69 Å². The fourth-order valence-electron chi connectivity index (χ4n) is 2.55. The standard InChI is InChI=1S/C15H20N2O5S/c1-21-13-6-3-11(7-14(13)22-2)16-15(18)10-8-17(9-10)23(19,20)12-4-5-12/h3,6-7,10,12H,4-5,8-9H2,1-2H3,(H,16,18). The molecule has 1 aliphatic carbocycles. The van der Waals surface area contributed by atoms with Gasteiger partial charge in [0.2, 0.25) is 15.9 Å². The van der Waals surface area contributed by atoms with Gasteiger partial charge >= 0.3 is 0 Å². The fraction of sp³-hybridized carbons (Fsp3) is 0.533. The van der Waals surface area contributed by atoms with Crippen molar-refractivity contribution in [2.75, 3.05) is 32.6 Å². The smallest absolute Gasteiger partial charge is 0.230 e. The first-order chi connectivity index (χ1) is 11.0. The normalized spacial score (nSPS) is 19.0. The highest BCUT2D eigenvalue weighted by Gasteiger charge is 2.46. The van der Waals surface area contributed by atoms with Gasteiger partial charge < -0.3 is 14.8 Å².